The molecule has 26 heavy (non-hydrogen) atoms. The van der Waals surface area contributed by atoms with Gasteiger partial charge in [0.2, 0.25) is 0 Å². The average molecular weight is 354 g/mol. The number of nitrogens with two attached hydrogens (primary N) is 1. The van der Waals surface area contributed by atoms with E-state index in [0.29, 0.717) is 11.4 Å². The van der Waals surface area contributed by atoms with E-state index in [4.69, 9.17) is 10.5 Å². The second kappa shape index (κ2) is 7.01. The highest BCUT2D eigenvalue weighted by atomic mass is 19.1. The molecule has 0 bridgehead atoms. The van der Waals surface area contributed by atoms with Crippen molar-refractivity contribution in [2.45, 2.75) is 20.0 Å². The third-order valence-corrected chi connectivity index (χ3v) is 4.31. The number of nitrogens with zero attached hydrogens (tertiary/aromatic N) is 1. The van der Waals surface area contributed by atoms with Crippen LogP contribution in [0.3, 0.4) is 0 Å². The topological polar surface area (TPSA) is 75.8 Å². The van der Waals surface area contributed by atoms with Crippen LogP contribution in [0.2, 0.25) is 0 Å². The van der Waals surface area contributed by atoms with Crippen LogP contribution in [0.15, 0.2) is 71.5 Å². The summed E-state index contributed by atoms with van der Waals surface area (Å²) in [5.41, 5.74) is 8.59. The number of carboxylic acid groups (broad SMARTS) is 1. The number of carbonyl (C=O) groups is 1. The van der Waals surface area contributed by atoms with E-state index >= 15 is 0 Å². The maximum absolute atomic E-state index is 13.8. The van der Waals surface area contributed by atoms with Gasteiger partial charge in [-0.2, -0.15) is 0 Å². The lowest BCUT2D eigenvalue weighted by Crippen LogP contribution is -2.46. The van der Waals surface area contributed by atoms with Gasteiger partial charge >= 0.3 is 5.97 Å². The summed E-state index contributed by atoms with van der Waals surface area (Å²) in [5, 5.41) is 9.39. The molecule has 0 radical (unpaired) electrons. The number of hydrogen-bond donors (Lipinski definition) is 2. The van der Waals surface area contributed by atoms with E-state index in [2.05, 4.69) is 0 Å². The van der Waals surface area contributed by atoms with Crippen molar-refractivity contribution in [1.82, 2.24) is 0 Å². The van der Waals surface area contributed by atoms with Gasteiger partial charge in [-0.3, -0.25) is 0 Å². The summed E-state index contributed by atoms with van der Waals surface area (Å²) in [5.74, 6) is -0.984. The lowest BCUT2D eigenvalue weighted by molar-refractivity contribution is -0.132. The molecule has 3 N–H and O–H groups in total. The minimum atomic E-state index is -1.06. The Morgan fingerprint density at radius 1 is 1.19 bits per heavy atom. The van der Waals surface area contributed by atoms with Crippen molar-refractivity contribution in [3.63, 3.8) is 0 Å². The van der Waals surface area contributed by atoms with Gasteiger partial charge in [-0.05, 0) is 49.8 Å². The quantitative estimate of drug-likeness (QED) is 0.867. The number of allylic oxidation sites excluding steroid dienone is 3. The Morgan fingerprint density at radius 3 is 2.62 bits per heavy atom. The summed E-state index contributed by atoms with van der Waals surface area (Å²) in [6.45, 7) is 3.70. The Hall–Kier alpha value is -3.12. The van der Waals surface area contributed by atoms with Crippen molar-refractivity contribution in [1.29, 1.82) is 0 Å². The van der Waals surface area contributed by atoms with Crippen molar-refractivity contribution in [2.24, 2.45) is 5.73 Å². The second-order valence-corrected chi connectivity index (χ2v) is 6.02. The van der Waals surface area contributed by atoms with Crippen LogP contribution in [0.5, 0.6) is 11.5 Å². The van der Waals surface area contributed by atoms with Crippen LogP contribution in [0.25, 0.3) is 0 Å². The first-order valence-corrected chi connectivity index (χ1v) is 8.08. The zero-order valence-corrected chi connectivity index (χ0v) is 14.4. The Labute approximate surface area is 150 Å². The van der Waals surface area contributed by atoms with E-state index in [-0.39, 0.29) is 11.3 Å². The van der Waals surface area contributed by atoms with Crippen molar-refractivity contribution in [3.05, 3.63) is 77.3 Å². The fourth-order valence-corrected chi connectivity index (χ4v) is 2.85. The van der Waals surface area contributed by atoms with Gasteiger partial charge in [0.25, 0.3) is 0 Å². The largest absolute Gasteiger partial charge is 0.478 e. The number of rotatable bonds is 4. The number of ether oxygens (including phenoxy) is 1. The van der Waals surface area contributed by atoms with Crippen LogP contribution in [0.1, 0.15) is 13.8 Å². The highest BCUT2D eigenvalue weighted by Crippen LogP contribution is 2.33. The molecule has 0 amide bonds. The summed E-state index contributed by atoms with van der Waals surface area (Å²) in [6, 6.07) is 13.1. The summed E-state index contributed by atoms with van der Waals surface area (Å²) in [6.07, 6.45) is 0.748. The van der Waals surface area contributed by atoms with Gasteiger partial charge in [-0.15, -0.1) is 0 Å². The summed E-state index contributed by atoms with van der Waals surface area (Å²) < 4.78 is 19.4. The zero-order valence-electron chi connectivity index (χ0n) is 14.4. The maximum atomic E-state index is 13.8. The minimum absolute atomic E-state index is 0.105. The molecule has 0 saturated heterocycles. The van der Waals surface area contributed by atoms with Gasteiger partial charge in [-0.1, -0.05) is 18.2 Å². The van der Waals surface area contributed by atoms with E-state index in [1.165, 1.54) is 12.1 Å². The van der Waals surface area contributed by atoms with E-state index in [0.717, 1.165) is 11.3 Å². The molecular formula is C20H19FN2O3. The fourth-order valence-electron chi connectivity index (χ4n) is 2.85. The van der Waals surface area contributed by atoms with Crippen LogP contribution in [0, 0.1) is 5.82 Å². The van der Waals surface area contributed by atoms with Crippen LogP contribution in [-0.4, -0.2) is 17.2 Å². The predicted octanol–water partition coefficient (Wildman–Crippen LogP) is 4.03. The average Bonchev–Trinajstić information content (AvgIpc) is 2.60. The fraction of sp³-hybridized carbons (Fsp3) is 0.150. The van der Waals surface area contributed by atoms with Crippen molar-refractivity contribution in [3.8, 4) is 11.5 Å². The Kier molecular flexibility index (Phi) is 4.77. The normalized spacial score (nSPS) is 17.2. The van der Waals surface area contributed by atoms with E-state index < -0.39 is 18.0 Å². The summed E-state index contributed by atoms with van der Waals surface area (Å²) in [7, 11) is 0. The summed E-state index contributed by atoms with van der Waals surface area (Å²) in [4.78, 5) is 13.2. The molecule has 6 heteroatoms. The van der Waals surface area contributed by atoms with Crippen molar-refractivity contribution >= 4 is 11.7 Å². The second-order valence-electron chi connectivity index (χ2n) is 6.02. The molecule has 3 rings (SSSR count). The molecule has 1 atom stereocenters. The third kappa shape index (κ3) is 3.32. The van der Waals surface area contributed by atoms with Crippen LogP contribution in [0.4, 0.5) is 10.1 Å². The molecule has 0 fully saturated rings. The number of halogens is 1. The molecule has 134 valence electrons. The molecule has 1 aliphatic rings. The zero-order chi connectivity index (χ0) is 18.8. The first-order valence-electron chi connectivity index (χ1n) is 8.08. The van der Waals surface area contributed by atoms with Gasteiger partial charge in [0, 0.05) is 17.5 Å². The van der Waals surface area contributed by atoms with Crippen LogP contribution in [-0.2, 0) is 4.79 Å². The molecule has 0 spiro atoms. The molecule has 0 saturated carbocycles. The molecule has 0 aromatic heterocycles. The molecule has 1 aliphatic heterocycles. The lowest BCUT2D eigenvalue weighted by atomic mass is 10.0. The minimum Gasteiger partial charge on any atom is -0.478 e. The van der Waals surface area contributed by atoms with Gasteiger partial charge in [0.15, 0.2) is 11.6 Å². The van der Waals surface area contributed by atoms with Gasteiger partial charge in [0.1, 0.15) is 11.9 Å². The first kappa shape index (κ1) is 17.7. The maximum Gasteiger partial charge on any atom is 0.335 e. The smallest absolute Gasteiger partial charge is 0.335 e. The molecule has 2 aromatic carbocycles. The van der Waals surface area contributed by atoms with Crippen LogP contribution >= 0.6 is 0 Å². The van der Waals surface area contributed by atoms with Crippen molar-refractivity contribution in [2.75, 3.05) is 4.90 Å². The van der Waals surface area contributed by atoms with E-state index in [1.807, 2.05) is 13.8 Å². The lowest BCUT2D eigenvalue weighted by Gasteiger charge is -2.36. The molecule has 1 unspecified atom stereocenters. The SMILES string of the molecule is CC1=C(C)N(c2cccc(Oc3ccccc3F)c2)C(N)C(C(=O)O)=C1. The number of carboxylic acids is 1. The summed E-state index contributed by atoms with van der Waals surface area (Å²) >= 11 is 0. The van der Waals surface area contributed by atoms with Crippen molar-refractivity contribution < 1.29 is 19.0 Å². The van der Waals surface area contributed by atoms with E-state index in [1.54, 1.807) is 47.4 Å². The number of aliphatic carboxylic acids is 1. The van der Waals surface area contributed by atoms with Gasteiger partial charge in [0.05, 0.1) is 5.57 Å². The molecule has 1 heterocycles. The molecular weight excluding hydrogens is 335 g/mol. The Morgan fingerprint density at radius 2 is 1.92 bits per heavy atom. The monoisotopic (exact) mass is 354 g/mol. The van der Waals surface area contributed by atoms with Crippen LogP contribution < -0.4 is 15.4 Å². The van der Waals surface area contributed by atoms with Gasteiger partial charge in [-0.25, -0.2) is 9.18 Å². The van der Waals surface area contributed by atoms with E-state index in [9.17, 15) is 14.3 Å². The standard InChI is InChI=1S/C20H19FN2O3/c1-12-10-16(20(24)25)19(22)23(13(12)2)14-6-5-7-15(11-14)26-18-9-4-3-8-17(18)21/h3-11,19H,22H2,1-2H3,(H,24,25). The predicted molar refractivity (Wildman–Crippen MR) is 97.5 cm³/mol. The molecule has 0 aliphatic carbocycles. The third-order valence-electron chi connectivity index (χ3n) is 4.31. The highest BCUT2D eigenvalue weighted by molar-refractivity contribution is 5.90. The number of para-hydroxylation sites is 1. The molecule has 5 nitrogen and oxygen atoms in total. The van der Waals surface area contributed by atoms with Gasteiger partial charge < -0.3 is 20.5 Å². The Balaban J connectivity index is 1.96. The Bertz CT molecular complexity index is 921. The highest BCUT2D eigenvalue weighted by Gasteiger charge is 2.29. The number of benzene rings is 2. The number of hydrogen-bond acceptors (Lipinski definition) is 4. The first-order chi connectivity index (χ1) is 12.4. The molecule has 2 aromatic rings. The number of anilines is 1.